The monoisotopic (exact) mass is 494 g/mol. The maximum Gasteiger partial charge on any atom is 0.306 e. The lowest BCUT2D eigenvalue weighted by atomic mass is 10.1. The number of aliphatic hydroxyl groups excluding tert-OH is 1. The maximum absolute atomic E-state index is 11.9. The third-order valence-electron chi connectivity index (χ3n) is 6.00. The molecule has 1 N–H and O–H groups in total. The fraction of sp³-hybridized carbons (Fsp3) is 0.800. The van der Waals surface area contributed by atoms with E-state index in [-0.39, 0.29) is 25.2 Å². The van der Waals surface area contributed by atoms with Crippen LogP contribution in [-0.2, 0) is 19.1 Å². The Hall–Kier alpha value is -1.62. The fourth-order valence-corrected chi connectivity index (χ4v) is 3.74. The van der Waals surface area contributed by atoms with Crippen LogP contribution in [0.25, 0.3) is 0 Å². The topological polar surface area (TPSA) is 72.8 Å². The Morgan fingerprint density at radius 2 is 1.17 bits per heavy atom. The van der Waals surface area contributed by atoms with Crippen LogP contribution in [0.15, 0.2) is 24.3 Å². The lowest BCUT2D eigenvalue weighted by Crippen LogP contribution is -2.28. The highest BCUT2D eigenvalue weighted by molar-refractivity contribution is 5.70. The highest BCUT2D eigenvalue weighted by atomic mass is 16.6. The smallest absolute Gasteiger partial charge is 0.306 e. The van der Waals surface area contributed by atoms with Gasteiger partial charge in [0.1, 0.15) is 6.61 Å². The van der Waals surface area contributed by atoms with Crippen LogP contribution in [-0.4, -0.2) is 36.4 Å². The summed E-state index contributed by atoms with van der Waals surface area (Å²) in [5, 5.41) is 9.41. The minimum Gasteiger partial charge on any atom is -0.462 e. The molecule has 0 aliphatic carbocycles. The largest absolute Gasteiger partial charge is 0.462 e. The number of carbonyl (C=O) groups excluding carboxylic acids is 2. The number of rotatable bonds is 25. The van der Waals surface area contributed by atoms with Crippen LogP contribution in [0.3, 0.4) is 0 Å². The van der Waals surface area contributed by atoms with Gasteiger partial charge in [-0.2, -0.15) is 0 Å². The van der Waals surface area contributed by atoms with Crippen molar-refractivity contribution in [3.63, 3.8) is 0 Å². The minimum atomic E-state index is -0.768. The van der Waals surface area contributed by atoms with Gasteiger partial charge < -0.3 is 14.6 Å². The Labute approximate surface area is 215 Å². The number of unbranched alkanes of at least 4 members (excludes halogenated alkanes) is 13. The van der Waals surface area contributed by atoms with Crippen LogP contribution in [0.4, 0.5) is 0 Å². The number of allylic oxidation sites excluding steroid dienone is 4. The zero-order valence-corrected chi connectivity index (χ0v) is 22.8. The summed E-state index contributed by atoms with van der Waals surface area (Å²) in [5.74, 6) is -0.617. The van der Waals surface area contributed by atoms with Gasteiger partial charge in [-0.25, -0.2) is 0 Å². The molecular formula is C30H54O5. The molecule has 0 rings (SSSR count). The third kappa shape index (κ3) is 25.3. The number of esters is 2. The van der Waals surface area contributed by atoms with E-state index in [0.29, 0.717) is 12.8 Å². The lowest BCUT2D eigenvalue weighted by molar-refractivity contribution is -0.161. The summed E-state index contributed by atoms with van der Waals surface area (Å²) in [6.07, 6.45) is 28.1. The van der Waals surface area contributed by atoms with Gasteiger partial charge in [-0.05, 0) is 38.5 Å². The molecule has 0 aliphatic heterocycles. The predicted molar refractivity (Wildman–Crippen MR) is 145 cm³/mol. The maximum atomic E-state index is 11.9. The van der Waals surface area contributed by atoms with E-state index in [2.05, 4.69) is 38.2 Å². The van der Waals surface area contributed by atoms with Crippen molar-refractivity contribution in [3.8, 4) is 0 Å². The molecule has 0 aromatic carbocycles. The van der Waals surface area contributed by atoms with Crippen LogP contribution in [0.5, 0.6) is 0 Å². The average Bonchev–Trinajstić information content (AvgIpc) is 2.86. The van der Waals surface area contributed by atoms with Gasteiger partial charge in [0.05, 0.1) is 6.61 Å². The molecule has 0 radical (unpaired) electrons. The van der Waals surface area contributed by atoms with Crippen LogP contribution >= 0.6 is 0 Å². The molecule has 5 nitrogen and oxygen atoms in total. The highest BCUT2D eigenvalue weighted by Crippen LogP contribution is 2.11. The van der Waals surface area contributed by atoms with Gasteiger partial charge in [-0.1, -0.05) is 109 Å². The van der Waals surface area contributed by atoms with Crippen molar-refractivity contribution in [3.05, 3.63) is 24.3 Å². The summed E-state index contributed by atoms with van der Waals surface area (Å²) in [4.78, 5) is 23.9. The zero-order chi connectivity index (χ0) is 25.8. The molecule has 0 aliphatic rings. The van der Waals surface area contributed by atoms with Crippen LogP contribution in [0.2, 0.25) is 0 Å². The summed E-state index contributed by atoms with van der Waals surface area (Å²) >= 11 is 0. The number of carbonyl (C=O) groups is 2. The molecule has 204 valence electrons. The van der Waals surface area contributed by atoms with Crippen LogP contribution < -0.4 is 0 Å². The molecule has 0 bridgehead atoms. The number of hydrogen-bond acceptors (Lipinski definition) is 5. The molecule has 0 fully saturated rings. The molecule has 5 heteroatoms. The quantitative estimate of drug-likeness (QED) is 0.0790. The van der Waals surface area contributed by atoms with E-state index in [4.69, 9.17) is 9.47 Å². The summed E-state index contributed by atoms with van der Waals surface area (Å²) in [6.45, 7) is 4.01. The molecule has 0 unspecified atom stereocenters. The second-order valence-electron chi connectivity index (χ2n) is 9.48. The van der Waals surface area contributed by atoms with Gasteiger partial charge in [0.25, 0.3) is 0 Å². The van der Waals surface area contributed by atoms with Crippen molar-refractivity contribution in [2.24, 2.45) is 0 Å². The Morgan fingerprint density at radius 1 is 0.657 bits per heavy atom. The number of ether oxygens (including phenoxy) is 2. The summed E-state index contributed by atoms with van der Waals surface area (Å²) in [5.41, 5.74) is 0. The van der Waals surface area contributed by atoms with Gasteiger partial charge in [-0.15, -0.1) is 0 Å². The first kappa shape index (κ1) is 33.4. The Morgan fingerprint density at radius 3 is 1.77 bits per heavy atom. The summed E-state index contributed by atoms with van der Waals surface area (Å²) in [7, 11) is 0. The van der Waals surface area contributed by atoms with Gasteiger partial charge in [-0.3, -0.25) is 9.59 Å². The van der Waals surface area contributed by atoms with Gasteiger partial charge in [0.15, 0.2) is 6.10 Å². The van der Waals surface area contributed by atoms with Gasteiger partial charge in [0.2, 0.25) is 0 Å². The Bertz CT molecular complexity index is 541. The van der Waals surface area contributed by atoms with Crippen molar-refractivity contribution in [2.45, 2.75) is 142 Å². The van der Waals surface area contributed by atoms with Gasteiger partial charge >= 0.3 is 11.9 Å². The zero-order valence-electron chi connectivity index (χ0n) is 22.8. The number of hydrogen-bond donors (Lipinski definition) is 1. The molecule has 0 saturated heterocycles. The van der Waals surface area contributed by atoms with E-state index in [9.17, 15) is 14.7 Å². The molecule has 35 heavy (non-hydrogen) atoms. The van der Waals surface area contributed by atoms with E-state index in [1.807, 2.05) is 0 Å². The number of aliphatic hydroxyl groups is 1. The van der Waals surface area contributed by atoms with E-state index in [1.54, 1.807) is 0 Å². The molecular weight excluding hydrogens is 440 g/mol. The van der Waals surface area contributed by atoms with Crippen molar-refractivity contribution in [1.82, 2.24) is 0 Å². The van der Waals surface area contributed by atoms with Crippen LogP contribution in [0, 0.1) is 0 Å². The Balaban J connectivity index is 3.63. The molecule has 0 spiro atoms. The molecule has 1 atom stereocenters. The average molecular weight is 495 g/mol. The second-order valence-corrected chi connectivity index (χ2v) is 9.48. The summed E-state index contributed by atoms with van der Waals surface area (Å²) < 4.78 is 10.4. The van der Waals surface area contributed by atoms with Crippen molar-refractivity contribution < 1.29 is 24.2 Å². The lowest BCUT2D eigenvalue weighted by Gasteiger charge is -2.15. The van der Waals surface area contributed by atoms with E-state index < -0.39 is 6.10 Å². The molecule has 0 heterocycles. The standard InChI is InChI=1S/C30H54O5/c1-3-5-7-9-11-12-13-14-15-16-17-19-20-22-24-29(32)34-27-28(26-31)35-30(33)25-23-21-18-10-8-6-4-2/h9,11,13-14,28,31H,3-8,10,12,15-27H2,1-2H3/b11-9+,14-13+/t28-/m0/s1. The molecule has 0 aromatic heterocycles. The first-order valence-electron chi connectivity index (χ1n) is 14.4. The summed E-state index contributed by atoms with van der Waals surface area (Å²) in [6, 6.07) is 0. The second kappa shape index (κ2) is 27.0. The minimum absolute atomic E-state index is 0.0712. The van der Waals surface area contributed by atoms with E-state index in [1.165, 1.54) is 57.8 Å². The SMILES string of the molecule is CCCC/C=C/C/C=C/CCCCCCCC(=O)OC[C@H](CO)OC(=O)CCCCCCCCC. The highest BCUT2D eigenvalue weighted by Gasteiger charge is 2.16. The Kier molecular flexibility index (Phi) is 25.7. The van der Waals surface area contributed by atoms with Crippen molar-refractivity contribution in [1.29, 1.82) is 0 Å². The van der Waals surface area contributed by atoms with E-state index >= 15 is 0 Å². The molecule has 0 saturated carbocycles. The van der Waals surface area contributed by atoms with Gasteiger partial charge in [0, 0.05) is 12.8 Å². The van der Waals surface area contributed by atoms with E-state index in [0.717, 1.165) is 51.4 Å². The first-order chi connectivity index (χ1) is 17.1. The predicted octanol–water partition coefficient (Wildman–Crippen LogP) is 8.00. The molecule has 0 aromatic rings. The normalized spacial score (nSPS) is 12.4. The fourth-order valence-electron chi connectivity index (χ4n) is 3.74. The molecule has 0 amide bonds. The first-order valence-corrected chi connectivity index (χ1v) is 14.4. The van der Waals surface area contributed by atoms with Crippen molar-refractivity contribution in [2.75, 3.05) is 13.2 Å². The van der Waals surface area contributed by atoms with Crippen molar-refractivity contribution >= 4 is 11.9 Å². The van der Waals surface area contributed by atoms with Crippen LogP contribution in [0.1, 0.15) is 136 Å². The third-order valence-corrected chi connectivity index (χ3v) is 6.00.